The van der Waals surface area contributed by atoms with Gasteiger partial charge in [-0.1, -0.05) is 12.2 Å². The van der Waals surface area contributed by atoms with Crippen molar-refractivity contribution in [1.29, 1.82) is 0 Å². The van der Waals surface area contributed by atoms with Gasteiger partial charge in [0.15, 0.2) is 5.13 Å². The molecule has 2 N–H and O–H groups in total. The van der Waals surface area contributed by atoms with Gasteiger partial charge < -0.3 is 10.4 Å². The number of allylic oxidation sites excluding steroid dienone is 2. The summed E-state index contributed by atoms with van der Waals surface area (Å²) in [7, 11) is 0. The molecule has 1 fully saturated rings. The number of nitrogens with one attached hydrogen (secondary N) is 1. The Hall–Kier alpha value is -2.54. The van der Waals surface area contributed by atoms with Crippen molar-refractivity contribution in [3.8, 4) is 11.3 Å². The number of fused-ring (bicyclic) bond motifs is 2. The molecule has 134 valence electrons. The largest absolute Gasteiger partial charge is 0.481 e. The molecule has 1 amide bonds. The summed E-state index contributed by atoms with van der Waals surface area (Å²) in [6, 6.07) is 6.02. The number of hydrogen-bond donors (Lipinski definition) is 2. The highest BCUT2D eigenvalue weighted by molar-refractivity contribution is 7.16. The fraction of sp³-hybridized carbons (Fsp3) is 0.316. The number of carboxylic acids is 1. The van der Waals surface area contributed by atoms with Crippen LogP contribution in [0.3, 0.4) is 0 Å². The molecule has 7 heteroatoms. The summed E-state index contributed by atoms with van der Waals surface area (Å²) in [5.41, 5.74) is 1.46. The molecule has 0 aliphatic heterocycles. The lowest BCUT2D eigenvalue weighted by Crippen LogP contribution is -2.36. The van der Waals surface area contributed by atoms with E-state index in [1.54, 1.807) is 12.1 Å². The van der Waals surface area contributed by atoms with E-state index in [0.29, 0.717) is 17.2 Å². The first-order valence-electron chi connectivity index (χ1n) is 8.39. The van der Waals surface area contributed by atoms with Crippen LogP contribution in [0.25, 0.3) is 11.3 Å². The summed E-state index contributed by atoms with van der Waals surface area (Å²) in [6.07, 6.45) is 4.57. The van der Waals surface area contributed by atoms with Gasteiger partial charge in [-0.2, -0.15) is 0 Å². The fourth-order valence-electron chi connectivity index (χ4n) is 4.03. The van der Waals surface area contributed by atoms with Gasteiger partial charge in [0.2, 0.25) is 5.91 Å². The summed E-state index contributed by atoms with van der Waals surface area (Å²) in [6.45, 7) is 1.88. The van der Waals surface area contributed by atoms with Crippen molar-refractivity contribution in [2.24, 2.45) is 23.7 Å². The standard InChI is InChI=1S/C19H17FN2O3S/c1-9-16(10-4-6-13(20)7-5-10)21-19(26-9)22-17(23)14-11-2-3-12(8-11)15(14)18(24)25/h2-7,11-12,14-15H,8H2,1H3,(H,24,25)(H,21,22,23)/t11-,12-,14-,15-/m0/s1. The maximum atomic E-state index is 13.1. The minimum absolute atomic E-state index is 0.0290. The Morgan fingerprint density at radius 3 is 2.50 bits per heavy atom. The van der Waals surface area contributed by atoms with Gasteiger partial charge in [0.1, 0.15) is 5.82 Å². The number of thiazole rings is 1. The number of benzene rings is 1. The lowest BCUT2D eigenvalue weighted by molar-refractivity contribution is -0.146. The molecule has 1 aromatic heterocycles. The Labute approximate surface area is 153 Å². The van der Waals surface area contributed by atoms with E-state index in [4.69, 9.17) is 0 Å². The summed E-state index contributed by atoms with van der Waals surface area (Å²) in [5, 5.41) is 12.7. The molecule has 0 radical (unpaired) electrons. The first-order valence-corrected chi connectivity index (χ1v) is 9.21. The Morgan fingerprint density at radius 1 is 1.19 bits per heavy atom. The van der Waals surface area contributed by atoms with Gasteiger partial charge in [0.25, 0.3) is 0 Å². The van der Waals surface area contributed by atoms with E-state index < -0.39 is 17.8 Å². The first kappa shape index (κ1) is 16.9. The van der Waals surface area contributed by atoms with E-state index >= 15 is 0 Å². The zero-order chi connectivity index (χ0) is 18.4. The van der Waals surface area contributed by atoms with E-state index in [2.05, 4.69) is 10.3 Å². The minimum atomic E-state index is -0.927. The molecule has 26 heavy (non-hydrogen) atoms. The number of aromatic nitrogens is 1. The first-order chi connectivity index (χ1) is 12.4. The Bertz CT molecular complexity index is 906. The van der Waals surface area contributed by atoms with Crippen LogP contribution in [0.4, 0.5) is 9.52 Å². The smallest absolute Gasteiger partial charge is 0.307 e. The zero-order valence-corrected chi connectivity index (χ0v) is 14.8. The fourth-order valence-corrected chi connectivity index (χ4v) is 4.87. The van der Waals surface area contributed by atoms with Crippen LogP contribution >= 0.6 is 11.3 Å². The number of carbonyl (C=O) groups is 2. The van der Waals surface area contributed by atoms with Crippen LogP contribution in [0.1, 0.15) is 11.3 Å². The van der Waals surface area contributed by atoms with Crippen molar-refractivity contribution in [2.45, 2.75) is 13.3 Å². The van der Waals surface area contributed by atoms with Crippen LogP contribution in [0.2, 0.25) is 0 Å². The molecule has 4 rings (SSSR count). The van der Waals surface area contributed by atoms with Crippen LogP contribution in [-0.4, -0.2) is 22.0 Å². The Kier molecular flexibility index (Phi) is 4.11. The summed E-state index contributed by atoms with van der Waals surface area (Å²) < 4.78 is 13.1. The number of halogens is 1. The number of aliphatic carboxylic acids is 1. The number of nitrogens with zero attached hydrogens (tertiary/aromatic N) is 1. The van der Waals surface area contributed by atoms with Crippen LogP contribution in [-0.2, 0) is 9.59 Å². The second-order valence-electron chi connectivity index (χ2n) is 6.76. The van der Waals surface area contributed by atoms with E-state index in [1.165, 1.54) is 23.5 Å². The number of anilines is 1. The summed E-state index contributed by atoms with van der Waals surface area (Å²) in [4.78, 5) is 29.7. The lowest BCUT2D eigenvalue weighted by Gasteiger charge is -2.23. The summed E-state index contributed by atoms with van der Waals surface area (Å²) in [5.74, 6) is -2.89. The predicted molar refractivity (Wildman–Crippen MR) is 96.2 cm³/mol. The van der Waals surface area contributed by atoms with Crippen molar-refractivity contribution in [3.63, 3.8) is 0 Å². The van der Waals surface area contributed by atoms with Crippen molar-refractivity contribution in [3.05, 3.63) is 47.1 Å². The lowest BCUT2D eigenvalue weighted by atomic mass is 9.82. The highest BCUT2D eigenvalue weighted by Gasteiger charge is 2.51. The van der Waals surface area contributed by atoms with Crippen LogP contribution in [0, 0.1) is 36.4 Å². The van der Waals surface area contributed by atoms with Crippen molar-refractivity contribution < 1.29 is 19.1 Å². The maximum absolute atomic E-state index is 13.1. The number of hydrogen-bond acceptors (Lipinski definition) is 4. The average Bonchev–Trinajstić information content (AvgIpc) is 3.29. The topological polar surface area (TPSA) is 79.3 Å². The van der Waals surface area contributed by atoms with E-state index in [1.807, 2.05) is 19.1 Å². The van der Waals surface area contributed by atoms with Crippen molar-refractivity contribution >= 4 is 28.3 Å². The molecule has 0 unspecified atom stereocenters. The van der Waals surface area contributed by atoms with Crippen LogP contribution in [0.5, 0.6) is 0 Å². The third kappa shape index (κ3) is 2.82. The van der Waals surface area contributed by atoms with Gasteiger partial charge in [-0.05, 0) is 49.4 Å². The van der Waals surface area contributed by atoms with Gasteiger partial charge in [-0.25, -0.2) is 9.37 Å². The number of rotatable bonds is 4. The number of aryl methyl sites for hydroxylation is 1. The highest BCUT2D eigenvalue weighted by atomic mass is 32.1. The van der Waals surface area contributed by atoms with Gasteiger partial charge in [-0.15, -0.1) is 11.3 Å². The second kappa shape index (κ2) is 6.32. The van der Waals surface area contributed by atoms with Crippen molar-refractivity contribution in [2.75, 3.05) is 5.32 Å². The third-order valence-electron chi connectivity index (χ3n) is 5.19. The molecule has 1 aromatic carbocycles. The quantitative estimate of drug-likeness (QED) is 0.802. The molecule has 2 aliphatic carbocycles. The van der Waals surface area contributed by atoms with E-state index in [0.717, 1.165) is 10.4 Å². The van der Waals surface area contributed by atoms with E-state index in [-0.39, 0.29) is 23.6 Å². The molecule has 5 nitrogen and oxygen atoms in total. The number of carbonyl (C=O) groups excluding carboxylic acids is 1. The van der Waals surface area contributed by atoms with Crippen molar-refractivity contribution in [1.82, 2.24) is 4.98 Å². The maximum Gasteiger partial charge on any atom is 0.307 e. The van der Waals surface area contributed by atoms with Gasteiger partial charge in [-0.3, -0.25) is 9.59 Å². The summed E-state index contributed by atoms with van der Waals surface area (Å²) >= 11 is 1.33. The predicted octanol–water partition coefficient (Wildman–Crippen LogP) is 3.72. The SMILES string of the molecule is Cc1sc(NC(=O)[C@@H]2[C@@H](C(=O)O)[C@H]3C=C[C@H]2C3)nc1-c1ccc(F)cc1. The second-order valence-corrected chi connectivity index (χ2v) is 7.96. The molecule has 0 spiro atoms. The van der Waals surface area contributed by atoms with Gasteiger partial charge >= 0.3 is 5.97 Å². The Balaban J connectivity index is 1.55. The molecule has 4 atom stereocenters. The third-order valence-corrected chi connectivity index (χ3v) is 6.08. The van der Waals surface area contributed by atoms with Gasteiger partial charge in [0, 0.05) is 10.4 Å². The molecular formula is C19H17FN2O3S. The molecule has 1 heterocycles. The molecule has 0 saturated heterocycles. The number of carboxylic acid groups (broad SMARTS) is 1. The average molecular weight is 372 g/mol. The molecule has 2 bridgehead atoms. The molecule has 1 saturated carbocycles. The van der Waals surface area contributed by atoms with Gasteiger partial charge in [0.05, 0.1) is 17.5 Å². The highest BCUT2D eigenvalue weighted by Crippen LogP contribution is 2.48. The normalized spacial score (nSPS) is 26.2. The molecular weight excluding hydrogens is 355 g/mol. The molecule has 2 aromatic rings. The monoisotopic (exact) mass is 372 g/mol. The Morgan fingerprint density at radius 2 is 1.85 bits per heavy atom. The van der Waals surface area contributed by atoms with Crippen LogP contribution in [0.15, 0.2) is 36.4 Å². The van der Waals surface area contributed by atoms with Crippen LogP contribution < -0.4 is 5.32 Å². The zero-order valence-electron chi connectivity index (χ0n) is 14.0. The minimum Gasteiger partial charge on any atom is -0.481 e. The molecule has 2 aliphatic rings. The number of amides is 1. The van der Waals surface area contributed by atoms with E-state index in [9.17, 15) is 19.1 Å².